The minimum Gasteiger partial charge on any atom is -0.320 e. The van der Waals surface area contributed by atoms with Crippen LogP contribution in [0.4, 0.5) is 5.69 Å². The number of carbonyl (C=O) groups excluding carboxylic acids is 1. The quantitative estimate of drug-likeness (QED) is 0.815. The zero-order valence-corrected chi connectivity index (χ0v) is 13.5. The lowest BCUT2D eigenvalue weighted by atomic mass is 10.2. The van der Waals surface area contributed by atoms with Crippen LogP contribution in [-0.2, 0) is 0 Å². The van der Waals surface area contributed by atoms with Gasteiger partial charge in [-0.25, -0.2) is 0 Å². The molecule has 0 spiro atoms. The van der Waals surface area contributed by atoms with Crippen LogP contribution in [-0.4, -0.2) is 12.5 Å². The van der Waals surface area contributed by atoms with E-state index < -0.39 is 0 Å². The van der Waals surface area contributed by atoms with Crippen molar-refractivity contribution < 1.29 is 4.79 Å². The van der Waals surface area contributed by atoms with E-state index in [1.807, 2.05) is 6.92 Å². The fourth-order valence-electron chi connectivity index (χ4n) is 1.62. The summed E-state index contributed by atoms with van der Waals surface area (Å²) in [4.78, 5) is 13.0. The Kier molecular flexibility index (Phi) is 5.27. The van der Waals surface area contributed by atoms with Gasteiger partial charge in [0.1, 0.15) is 0 Å². The Balaban J connectivity index is 2.22. The number of anilines is 1. The maximum absolute atomic E-state index is 12.2. The Morgan fingerprint density at radius 3 is 2.90 bits per heavy atom. The lowest BCUT2D eigenvalue weighted by molar-refractivity contribution is 0.102. The van der Waals surface area contributed by atoms with Gasteiger partial charge in [0, 0.05) is 5.38 Å². The summed E-state index contributed by atoms with van der Waals surface area (Å²) in [5, 5.41) is 5.31. The molecule has 2 rings (SSSR count). The lowest BCUT2D eigenvalue weighted by Crippen LogP contribution is -2.12. The zero-order valence-electron chi connectivity index (χ0n) is 11.2. The number of carbonyl (C=O) groups is 1. The van der Waals surface area contributed by atoms with Gasteiger partial charge in [0.15, 0.2) is 0 Å². The fraction of sp³-hybridized carbons (Fsp3) is 0.133. The summed E-state index contributed by atoms with van der Waals surface area (Å²) in [5.41, 5.74) is 7.09. The molecule has 0 atom stereocenters. The molecule has 0 radical (unpaired) electrons. The number of hydrogen-bond acceptors (Lipinski definition) is 3. The second kappa shape index (κ2) is 6.97. The monoisotopic (exact) mass is 338 g/mol. The summed E-state index contributed by atoms with van der Waals surface area (Å²) in [6.45, 7) is 2.13. The minimum absolute atomic E-state index is 0.276. The van der Waals surface area contributed by atoms with Gasteiger partial charge in [-0.05, 0) is 24.6 Å². The molecule has 0 aliphatic carbocycles. The first kappa shape index (κ1) is 15.9. The van der Waals surface area contributed by atoms with Crippen molar-refractivity contribution in [1.29, 1.82) is 0 Å². The molecule has 1 amide bonds. The van der Waals surface area contributed by atoms with Crippen LogP contribution >= 0.6 is 34.5 Å². The highest BCUT2D eigenvalue weighted by molar-refractivity contribution is 7.10. The van der Waals surface area contributed by atoms with Crippen molar-refractivity contribution in [2.75, 3.05) is 11.9 Å². The van der Waals surface area contributed by atoms with Crippen LogP contribution in [0.15, 0.2) is 23.6 Å². The summed E-state index contributed by atoms with van der Waals surface area (Å²) in [6, 6.07) is 5.20. The molecule has 0 fully saturated rings. The maximum Gasteiger partial charge on any atom is 0.256 e. The van der Waals surface area contributed by atoms with Gasteiger partial charge in [-0.15, -0.1) is 11.3 Å². The fourth-order valence-corrected chi connectivity index (χ4v) is 2.84. The SMILES string of the molecule is Cc1ccc(Cl)c(NC(=O)c2csc(C#CCN)c2)c1Cl. The van der Waals surface area contributed by atoms with Crippen molar-refractivity contribution in [3.8, 4) is 11.8 Å². The Hall–Kier alpha value is -1.51. The molecular weight excluding hydrogens is 327 g/mol. The van der Waals surface area contributed by atoms with E-state index >= 15 is 0 Å². The van der Waals surface area contributed by atoms with Gasteiger partial charge in [0.25, 0.3) is 5.91 Å². The summed E-state index contributed by atoms with van der Waals surface area (Å²) in [5.74, 6) is 5.36. The van der Waals surface area contributed by atoms with E-state index in [9.17, 15) is 4.79 Å². The van der Waals surface area contributed by atoms with Crippen molar-refractivity contribution in [3.05, 3.63) is 49.6 Å². The molecule has 0 unspecified atom stereocenters. The predicted molar refractivity (Wildman–Crippen MR) is 89.4 cm³/mol. The Morgan fingerprint density at radius 2 is 2.19 bits per heavy atom. The minimum atomic E-state index is -0.276. The van der Waals surface area contributed by atoms with E-state index in [0.29, 0.717) is 21.3 Å². The second-order valence-electron chi connectivity index (χ2n) is 4.21. The highest BCUT2D eigenvalue weighted by Gasteiger charge is 2.14. The van der Waals surface area contributed by atoms with Crippen LogP contribution < -0.4 is 11.1 Å². The van der Waals surface area contributed by atoms with E-state index in [4.69, 9.17) is 28.9 Å². The molecule has 3 nitrogen and oxygen atoms in total. The third kappa shape index (κ3) is 3.78. The van der Waals surface area contributed by atoms with Crippen molar-refractivity contribution in [3.63, 3.8) is 0 Å². The van der Waals surface area contributed by atoms with E-state index in [-0.39, 0.29) is 12.5 Å². The van der Waals surface area contributed by atoms with Gasteiger partial charge >= 0.3 is 0 Å². The van der Waals surface area contributed by atoms with Gasteiger partial charge in [0.05, 0.1) is 32.7 Å². The van der Waals surface area contributed by atoms with E-state index in [1.165, 1.54) is 11.3 Å². The summed E-state index contributed by atoms with van der Waals surface area (Å²) >= 11 is 13.6. The maximum atomic E-state index is 12.2. The topological polar surface area (TPSA) is 55.1 Å². The number of rotatable bonds is 2. The Bertz CT molecular complexity index is 744. The molecule has 0 aliphatic rings. The largest absolute Gasteiger partial charge is 0.320 e. The van der Waals surface area contributed by atoms with Crippen LogP contribution in [0, 0.1) is 18.8 Å². The molecule has 0 saturated carbocycles. The molecule has 0 aliphatic heterocycles. The van der Waals surface area contributed by atoms with Gasteiger partial charge in [-0.2, -0.15) is 0 Å². The first-order valence-corrected chi connectivity index (χ1v) is 7.70. The number of nitrogens with one attached hydrogen (secondary N) is 1. The first-order valence-electron chi connectivity index (χ1n) is 6.06. The normalized spacial score (nSPS) is 9.90. The van der Waals surface area contributed by atoms with Crippen LogP contribution in [0.3, 0.4) is 0 Å². The van der Waals surface area contributed by atoms with Crippen molar-refractivity contribution in [2.45, 2.75) is 6.92 Å². The van der Waals surface area contributed by atoms with Crippen LogP contribution in [0.5, 0.6) is 0 Å². The van der Waals surface area contributed by atoms with E-state index in [0.717, 1.165) is 10.4 Å². The molecule has 1 aromatic heterocycles. The Labute approximate surface area is 137 Å². The van der Waals surface area contributed by atoms with Crippen molar-refractivity contribution in [2.24, 2.45) is 5.73 Å². The molecule has 0 bridgehead atoms. The number of amides is 1. The summed E-state index contributed by atoms with van der Waals surface area (Å²) in [6.07, 6.45) is 0. The number of hydrogen-bond donors (Lipinski definition) is 2. The van der Waals surface area contributed by atoms with Crippen LogP contribution in [0.2, 0.25) is 10.0 Å². The summed E-state index contributed by atoms with van der Waals surface area (Å²) in [7, 11) is 0. The average molecular weight is 339 g/mol. The van der Waals surface area contributed by atoms with Gasteiger partial charge in [-0.3, -0.25) is 4.79 Å². The first-order chi connectivity index (χ1) is 10.0. The molecule has 6 heteroatoms. The van der Waals surface area contributed by atoms with Crippen LogP contribution in [0.1, 0.15) is 20.8 Å². The molecular formula is C15H12Cl2N2OS. The molecule has 0 saturated heterocycles. The van der Waals surface area contributed by atoms with Gasteiger partial charge in [-0.1, -0.05) is 41.1 Å². The number of benzene rings is 1. The average Bonchev–Trinajstić information content (AvgIpc) is 2.94. The predicted octanol–water partition coefficient (Wildman–Crippen LogP) is 3.93. The number of nitrogens with two attached hydrogens (primary N) is 1. The molecule has 1 heterocycles. The number of aryl methyl sites for hydroxylation is 1. The number of thiophene rings is 1. The standard InChI is InChI=1S/C15H12Cl2N2OS/c1-9-4-5-12(16)14(13(9)17)19-15(20)10-7-11(21-8-10)3-2-6-18/h4-5,7-8H,6,18H2,1H3,(H,19,20). The highest BCUT2D eigenvalue weighted by Crippen LogP contribution is 2.33. The van der Waals surface area contributed by atoms with Crippen molar-refractivity contribution in [1.82, 2.24) is 0 Å². The second-order valence-corrected chi connectivity index (χ2v) is 5.91. The Morgan fingerprint density at radius 1 is 1.43 bits per heavy atom. The van der Waals surface area contributed by atoms with E-state index in [1.54, 1.807) is 23.6 Å². The lowest BCUT2D eigenvalue weighted by Gasteiger charge is -2.10. The smallest absolute Gasteiger partial charge is 0.256 e. The van der Waals surface area contributed by atoms with Gasteiger partial charge in [0.2, 0.25) is 0 Å². The molecule has 21 heavy (non-hydrogen) atoms. The van der Waals surface area contributed by atoms with Crippen molar-refractivity contribution >= 4 is 46.1 Å². The van der Waals surface area contributed by atoms with Crippen LogP contribution in [0.25, 0.3) is 0 Å². The third-order valence-electron chi connectivity index (χ3n) is 2.70. The molecule has 1 aromatic carbocycles. The third-order valence-corrected chi connectivity index (χ3v) is 4.35. The number of halogens is 2. The molecule has 108 valence electrons. The highest BCUT2D eigenvalue weighted by atomic mass is 35.5. The molecule has 3 N–H and O–H groups in total. The van der Waals surface area contributed by atoms with E-state index in [2.05, 4.69) is 17.2 Å². The van der Waals surface area contributed by atoms with Gasteiger partial charge < -0.3 is 11.1 Å². The zero-order chi connectivity index (χ0) is 15.4. The molecule has 2 aromatic rings. The summed E-state index contributed by atoms with van der Waals surface area (Å²) < 4.78 is 0.